The molecule has 184 valence electrons. The lowest BCUT2D eigenvalue weighted by Crippen LogP contribution is -2.10. The molecule has 0 heterocycles. The normalized spacial score (nSPS) is 10.5. The molecule has 0 aliphatic heterocycles. The summed E-state index contributed by atoms with van der Waals surface area (Å²) in [6, 6.07) is 19.8. The van der Waals surface area contributed by atoms with Gasteiger partial charge in [-0.05, 0) is 79.2 Å². The number of esters is 2. The molecule has 0 unspecified atom stereocenters. The first-order chi connectivity index (χ1) is 17.1. The summed E-state index contributed by atoms with van der Waals surface area (Å²) in [7, 11) is 1.57. The van der Waals surface area contributed by atoms with Gasteiger partial charge >= 0.3 is 11.9 Å². The average molecular weight is 477 g/mol. The molecule has 6 nitrogen and oxygen atoms in total. The topological polar surface area (TPSA) is 71.1 Å². The number of hydrogen-bond acceptors (Lipinski definition) is 6. The zero-order valence-electron chi connectivity index (χ0n) is 20.3. The van der Waals surface area contributed by atoms with Crippen LogP contribution >= 0.6 is 0 Å². The van der Waals surface area contributed by atoms with E-state index in [1.54, 1.807) is 79.9 Å². The van der Waals surface area contributed by atoms with Crippen molar-refractivity contribution in [3.05, 3.63) is 83.9 Å². The van der Waals surface area contributed by atoms with Crippen molar-refractivity contribution < 1.29 is 28.5 Å². The summed E-state index contributed by atoms with van der Waals surface area (Å²) in [5.41, 5.74) is 0.757. The predicted molar refractivity (Wildman–Crippen MR) is 135 cm³/mol. The van der Waals surface area contributed by atoms with Crippen LogP contribution in [0.15, 0.2) is 72.8 Å². The fourth-order valence-electron chi connectivity index (χ4n) is 3.39. The van der Waals surface area contributed by atoms with Gasteiger partial charge in [0.2, 0.25) is 0 Å². The Hall–Kier alpha value is -3.80. The molecule has 0 fully saturated rings. The summed E-state index contributed by atoms with van der Waals surface area (Å²) >= 11 is 0. The molecular formula is C29H32O6. The number of methoxy groups -OCH3 is 1. The minimum absolute atomic E-state index is 0.333. The molecule has 0 saturated heterocycles. The van der Waals surface area contributed by atoms with Crippen LogP contribution in [0.1, 0.15) is 66.2 Å². The van der Waals surface area contributed by atoms with Gasteiger partial charge in [-0.25, -0.2) is 9.59 Å². The van der Waals surface area contributed by atoms with Crippen molar-refractivity contribution in [2.45, 2.75) is 45.4 Å². The van der Waals surface area contributed by atoms with Crippen molar-refractivity contribution in [1.29, 1.82) is 0 Å². The Kier molecular flexibility index (Phi) is 10.2. The lowest BCUT2D eigenvalue weighted by atomic mass is 10.1. The first-order valence-corrected chi connectivity index (χ1v) is 12.0. The fraction of sp³-hybridized carbons (Fsp3) is 0.310. The maximum Gasteiger partial charge on any atom is 0.343 e. The Labute approximate surface area is 206 Å². The highest BCUT2D eigenvalue weighted by atomic mass is 16.5. The molecule has 0 bridgehead atoms. The van der Waals surface area contributed by atoms with Gasteiger partial charge in [0, 0.05) is 0 Å². The van der Waals surface area contributed by atoms with E-state index in [2.05, 4.69) is 6.92 Å². The lowest BCUT2D eigenvalue weighted by molar-refractivity contribution is 0.0730. The van der Waals surface area contributed by atoms with E-state index in [4.69, 9.17) is 18.9 Å². The molecular weight excluding hydrogens is 444 g/mol. The minimum Gasteiger partial charge on any atom is -0.497 e. The molecule has 0 saturated carbocycles. The number of carbonyl (C=O) groups is 2. The third-order valence-electron chi connectivity index (χ3n) is 5.43. The van der Waals surface area contributed by atoms with E-state index in [1.165, 1.54) is 32.1 Å². The Morgan fingerprint density at radius 1 is 0.571 bits per heavy atom. The monoisotopic (exact) mass is 476 g/mol. The Morgan fingerprint density at radius 2 is 1.00 bits per heavy atom. The van der Waals surface area contributed by atoms with Gasteiger partial charge in [0.1, 0.15) is 23.0 Å². The van der Waals surface area contributed by atoms with Crippen LogP contribution in [0, 0.1) is 0 Å². The smallest absolute Gasteiger partial charge is 0.343 e. The van der Waals surface area contributed by atoms with Gasteiger partial charge in [0.25, 0.3) is 0 Å². The minimum atomic E-state index is -0.510. The maximum absolute atomic E-state index is 12.5. The van der Waals surface area contributed by atoms with E-state index in [9.17, 15) is 9.59 Å². The highest BCUT2D eigenvalue weighted by Gasteiger charge is 2.12. The Morgan fingerprint density at radius 3 is 1.51 bits per heavy atom. The summed E-state index contributed by atoms with van der Waals surface area (Å²) in [4.78, 5) is 24.8. The molecule has 0 amide bonds. The molecule has 0 atom stereocenters. The van der Waals surface area contributed by atoms with Crippen molar-refractivity contribution in [1.82, 2.24) is 0 Å². The Bertz CT molecular complexity index is 1060. The zero-order chi connectivity index (χ0) is 24.9. The SMILES string of the molecule is CCCCCCCCOc1ccc(C(=O)Oc2ccc(C(=O)Oc3ccc(OC)cc3)cc2)cc1. The van der Waals surface area contributed by atoms with E-state index < -0.39 is 11.9 Å². The second-order valence-electron chi connectivity index (χ2n) is 8.12. The van der Waals surface area contributed by atoms with Crippen LogP contribution in [-0.4, -0.2) is 25.7 Å². The number of rotatable bonds is 13. The van der Waals surface area contributed by atoms with Crippen molar-refractivity contribution in [3.63, 3.8) is 0 Å². The van der Waals surface area contributed by atoms with Gasteiger partial charge in [-0.2, -0.15) is 0 Å². The van der Waals surface area contributed by atoms with E-state index in [1.807, 2.05) is 0 Å². The molecule has 0 aromatic heterocycles. The summed E-state index contributed by atoms with van der Waals surface area (Å²) in [5, 5.41) is 0. The van der Waals surface area contributed by atoms with Crippen LogP contribution in [0.4, 0.5) is 0 Å². The molecule has 0 aliphatic rings. The van der Waals surface area contributed by atoms with Gasteiger partial charge in [-0.1, -0.05) is 39.0 Å². The van der Waals surface area contributed by atoms with E-state index >= 15 is 0 Å². The summed E-state index contributed by atoms with van der Waals surface area (Å²) in [5.74, 6) is 1.15. The van der Waals surface area contributed by atoms with Crippen LogP contribution in [0.2, 0.25) is 0 Å². The quantitative estimate of drug-likeness (QED) is 0.152. The molecule has 0 aliphatic carbocycles. The van der Waals surface area contributed by atoms with Crippen LogP contribution in [0.3, 0.4) is 0 Å². The summed E-state index contributed by atoms with van der Waals surface area (Å²) in [6.45, 7) is 2.88. The van der Waals surface area contributed by atoms with Gasteiger partial charge < -0.3 is 18.9 Å². The van der Waals surface area contributed by atoms with Crippen LogP contribution in [0.25, 0.3) is 0 Å². The number of unbranched alkanes of at least 4 members (excludes halogenated alkanes) is 5. The zero-order valence-corrected chi connectivity index (χ0v) is 20.3. The van der Waals surface area contributed by atoms with Crippen molar-refractivity contribution in [2.24, 2.45) is 0 Å². The largest absolute Gasteiger partial charge is 0.497 e. The van der Waals surface area contributed by atoms with E-state index in [0.29, 0.717) is 35.0 Å². The highest BCUT2D eigenvalue weighted by molar-refractivity contribution is 5.92. The maximum atomic E-state index is 12.5. The van der Waals surface area contributed by atoms with Gasteiger partial charge in [-0.15, -0.1) is 0 Å². The van der Waals surface area contributed by atoms with Crippen molar-refractivity contribution >= 4 is 11.9 Å². The molecule has 3 aromatic rings. The van der Waals surface area contributed by atoms with E-state index in [-0.39, 0.29) is 0 Å². The molecule has 6 heteroatoms. The Balaban J connectivity index is 1.44. The van der Waals surface area contributed by atoms with E-state index in [0.717, 1.165) is 12.2 Å². The van der Waals surface area contributed by atoms with Crippen molar-refractivity contribution in [2.75, 3.05) is 13.7 Å². The second-order valence-corrected chi connectivity index (χ2v) is 8.12. The highest BCUT2D eigenvalue weighted by Crippen LogP contribution is 2.20. The molecule has 35 heavy (non-hydrogen) atoms. The first-order valence-electron chi connectivity index (χ1n) is 12.0. The van der Waals surface area contributed by atoms with Crippen LogP contribution < -0.4 is 18.9 Å². The molecule has 0 N–H and O–H groups in total. The lowest BCUT2D eigenvalue weighted by Gasteiger charge is -2.08. The summed E-state index contributed by atoms with van der Waals surface area (Å²) < 4.78 is 21.6. The molecule has 0 spiro atoms. The third-order valence-corrected chi connectivity index (χ3v) is 5.43. The number of carbonyl (C=O) groups excluding carboxylic acids is 2. The summed E-state index contributed by atoms with van der Waals surface area (Å²) in [6.07, 6.45) is 7.26. The third kappa shape index (κ3) is 8.49. The molecule has 0 radical (unpaired) electrons. The van der Waals surface area contributed by atoms with Crippen LogP contribution in [0.5, 0.6) is 23.0 Å². The predicted octanol–water partition coefficient (Wildman–Crippen LogP) is 6.87. The molecule has 3 aromatic carbocycles. The standard InChI is InChI=1S/C29H32O6/c1-3-4-5-6-7-8-21-33-25-13-9-22(10-14-25)28(30)34-26-15-11-23(12-16-26)29(31)35-27-19-17-24(32-2)18-20-27/h9-20H,3-8,21H2,1-2H3. The van der Waals surface area contributed by atoms with Crippen LogP contribution in [-0.2, 0) is 0 Å². The van der Waals surface area contributed by atoms with Crippen molar-refractivity contribution in [3.8, 4) is 23.0 Å². The number of hydrogen-bond donors (Lipinski definition) is 0. The van der Waals surface area contributed by atoms with Gasteiger partial charge in [-0.3, -0.25) is 0 Å². The first kappa shape index (κ1) is 25.8. The number of ether oxygens (including phenoxy) is 4. The van der Waals surface area contributed by atoms with Gasteiger partial charge in [0.05, 0.1) is 24.8 Å². The second kappa shape index (κ2) is 13.8. The number of benzene rings is 3. The van der Waals surface area contributed by atoms with Gasteiger partial charge in [0.15, 0.2) is 0 Å². The fourth-order valence-corrected chi connectivity index (χ4v) is 3.39. The molecule has 3 rings (SSSR count). The average Bonchev–Trinajstić information content (AvgIpc) is 2.89.